The van der Waals surface area contributed by atoms with Gasteiger partial charge in [-0.05, 0) is 75.6 Å². The average molecular weight is 635 g/mol. The highest BCUT2D eigenvalue weighted by Crippen LogP contribution is 2.46. The molecule has 1 N–H and O–H groups in total. The number of carbonyl (C=O) groups is 3. The number of aromatic nitrogens is 1. The zero-order valence-electron chi connectivity index (χ0n) is 26.2. The Kier molecular flexibility index (Phi) is 9.77. The molecule has 10 nitrogen and oxygen atoms in total. The number of thiazole rings is 1. The van der Waals surface area contributed by atoms with Gasteiger partial charge in [0.15, 0.2) is 16.6 Å². The maximum absolute atomic E-state index is 13.8. The van der Waals surface area contributed by atoms with Crippen molar-refractivity contribution in [1.29, 1.82) is 0 Å². The molecule has 0 unspecified atom stereocenters. The number of hydrogen-bond acceptors (Lipinski definition) is 10. The van der Waals surface area contributed by atoms with Crippen LogP contribution in [0.1, 0.15) is 85.1 Å². The van der Waals surface area contributed by atoms with Crippen LogP contribution in [0.15, 0.2) is 42.0 Å². The molecule has 2 aromatic carbocycles. The zero-order valence-corrected chi connectivity index (χ0v) is 27.0. The summed E-state index contributed by atoms with van der Waals surface area (Å²) in [6.45, 7) is 10.3. The van der Waals surface area contributed by atoms with E-state index in [4.69, 9.17) is 18.9 Å². The molecule has 1 fully saturated rings. The molecule has 1 aromatic heterocycles. The molecule has 238 valence electrons. The Hall–Kier alpha value is -4.38. The number of aryl methyl sites for hydroxylation is 1. The van der Waals surface area contributed by atoms with E-state index in [1.54, 1.807) is 50.2 Å². The fourth-order valence-corrected chi connectivity index (χ4v) is 6.55. The topological polar surface area (TPSA) is 124 Å². The highest BCUT2D eigenvalue weighted by Gasteiger charge is 2.49. The number of benzene rings is 2. The van der Waals surface area contributed by atoms with Crippen LogP contribution in [0.2, 0.25) is 0 Å². The van der Waals surface area contributed by atoms with E-state index in [2.05, 4.69) is 11.9 Å². The van der Waals surface area contributed by atoms with E-state index < -0.39 is 23.7 Å². The van der Waals surface area contributed by atoms with Crippen LogP contribution in [0.3, 0.4) is 0 Å². The Bertz CT molecular complexity index is 1640. The van der Waals surface area contributed by atoms with Gasteiger partial charge in [0.1, 0.15) is 22.5 Å². The van der Waals surface area contributed by atoms with Crippen LogP contribution in [0.25, 0.3) is 5.76 Å². The van der Waals surface area contributed by atoms with E-state index in [9.17, 15) is 19.5 Å². The number of Topliss-reactive ketones (excluding diaryl/α,β-unsaturated/α-hetero) is 1. The maximum Gasteiger partial charge on any atom is 0.350 e. The molecule has 0 radical (unpaired) electrons. The first-order valence-corrected chi connectivity index (χ1v) is 16.1. The summed E-state index contributed by atoms with van der Waals surface area (Å²) < 4.78 is 22.9. The van der Waals surface area contributed by atoms with Crippen LogP contribution in [0.4, 0.5) is 5.13 Å². The SMILES string of the molecule is CCCCCOc1ccc([C@@H]2C(=C(O)c3ccc4c(c3)C[C@@H](C)O4)C(=O)C(=O)N2c2nc(C)c(C(=O)OCC)s2)cc1OCC. The first kappa shape index (κ1) is 32.0. The smallest absolute Gasteiger partial charge is 0.350 e. The van der Waals surface area contributed by atoms with Crippen LogP contribution in [0.5, 0.6) is 17.2 Å². The van der Waals surface area contributed by atoms with E-state index in [0.29, 0.717) is 48.0 Å². The lowest BCUT2D eigenvalue weighted by molar-refractivity contribution is -0.132. The number of ether oxygens (including phenoxy) is 4. The number of aliphatic hydroxyl groups is 1. The van der Waals surface area contributed by atoms with Crippen molar-refractivity contribution in [3.63, 3.8) is 0 Å². The lowest BCUT2D eigenvalue weighted by atomic mass is 9.94. The van der Waals surface area contributed by atoms with Crippen molar-refractivity contribution in [2.24, 2.45) is 0 Å². The first-order valence-electron chi connectivity index (χ1n) is 15.3. The van der Waals surface area contributed by atoms with E-state index in [0.717, 1.165) is 41.9 Å². The quantitative estimate of drug-likeness (QED) is 0.0777. The third-order valence-electron chi connectivity index (χ3n) is 7.65. The van der Waals surface area contributed by atoms with Crippen molar-refractivity contribution in [2.45, 2.75) is 72.4 Å². The molecule has 0 aliphatic carbocycles. The van der Waals surface area contributed by atoms with Gasteiger partial charge in [-0.3, -0.25) is 14.5 Å². The van der Waals surface area contributed by atoms with Crippen molar-refractivity contribution in [3.05, 3.63) is 69.2 Å². The number of aliphatic hydroxyl groups excluding tert-OH is 1. The minimum absolute atomic E-state index is 0.00981. The molecule has 2 aliphatic heterocycles. The number of fused-ring (bicyclic) bond motifs is 1. The Labute approximate surface area is 266 Å². The highest BCUT2D eigenvalue weighted by molar-refractivity contribution is 7.17. The van der Waals surface area contributed by atoms with Crippen LogP contribution >= 0.6 is 11.3 Å². The molecular formula is C34H38N2O8S. The van der Waals surface area contributed by atoms with Crippen molar-refractivity contribution < 1.29 is 38.4 Å². The second-order valence-electron chi connectivity index (χ2n) is 11.0. The maximum atomic E-state index is 13.8. The fourth-order valence-electron chi connectivity index (χ4n) is 5.56. The normalized spacial score (nSPS) is 18.6. The molecule has 0 bridgehead atoms. The number of unbranched alkanes of at least 4 members (excludes halogenated alkanes) is 2. The average Bonchev–Trinajstić information content (AvgIpc) is 3.67. The van der Waals surface area contributed by atoms with Gasteiger partial charge < -0.3 is 24.1 Å². The van der Waals surface area contributed by atoms with Crippen LogP contribution in [0, 0.1) is 6.92 Å². The summed E-state index contributed by atoms with van der Waals surface area (Å²) >= 11 is 0.959. The number of amides is 1. The number of esters is 1. The second-order valence-corrected chi connectivity index (χ2v) is 11.9. The van der Waals surface area contributed by atoms with Gasteiger partial charge in [-0.1, -0.05) is 37.2 Å². The summed E-state index contributed by atoms with van der Waals surface area (Å²) in [6.07, 6.45) is 3.63. The van der Waals surface area contributed by atoms with Crippen molar-refractivity contribution in [3.8, 4) is 17.2 Å². The van der Waals surface area contributed by atoms with Crippen molar-refractivity contribution >= 4 is 39.9 Å². The molecule has 0 saturated carbocycles. The lowest BCUT2D eigenvalue weighted by Crippen LogP contribution is -2.29. The molecule has 2 aliphatic rings. The number of nitrogens with zero attached hydrogens (tertiary/aromatic N) is 2. The van der Waals surface area contributed by atoms with E-state index >= 15 is 0 Å². The number of hydrogen-bond donors (Lipinski definition) is 1. The van der Waals surface area contributed by atoms with Gasteiger partial charge in [-0.25, -0.2) is 9.78 Å². The summed E-state index contributed by atoms with van der Waals surface area (Å²) in [4.78, 5) is 46.1. The zero-order chi connectivity index (χ0) is 32.2. The number of rotatable bonds is 12. The predicted molar refractivity (Wildman–Crippen MR) is 170 cm³/mol. The summed E-state index contributed by atoms with van der Waals surface area (Å²) in [5.74, 6) is -0.923. The first-order chi connectivity index (χ1) is 21.7. The third-order valence-corrected chi connectivity index (χ3v) is 8.79. The monoisotopic (exact) mass is 634 g/mol. The Morgan fingerprint density at radius 2 is 1.87 bits per heavy atom. The van der Waals surface area contributed by atoms with Crippen molar-refractivity contribution in [1.82, 2.24) is 4.98 Å². The van der Waals surface area contributed by atoms with Crippen LogP contribution in [-0.2, 0) is 20.7 Å². The van der Waals surface area contributed by atoms with E-state index in [1.807, 2.05) is 13.8 Å². The molecular weight excluding hydrogens is 596 g/mol. The molecule has 45 heavy (non-hydrogen) atoms. The van der Waals surface area contributed by atoms with E-state index in [1.165, 1.54) is 4.90 Å². The fraction of sp³-hybridized carbons (Fsp3) is 0.412. The van der Waals surface area contributed by atoms with Crippen LogP contribution in [-0.4, -0.2) is 53.7 Å². The van der Waals surface area contributed by atoms with Gasteiger partial charge in [-0.2, -0.15) is 0 Å². The summed E-state index contributed by atoms with van der Waals surface area (Å²) in [5, 5.41) is 11.8. The van der Waals surface area contributed by atoms with Gasteiger partial charge in [0, 0.05) is 12.0 Å². The molecule has 0 spiro atoms. The Morgan fingerprint density at radius 1 is 1.07 bits per heavy atom. The van der Waals surface area contributed by atoms with Gasteiger partial charge in [0.2, 0.25) is 0 Å². The number of ketones is 1. The minimum atomic E-state index is -1.07. The standard InChI is InChI=1S/C34H38N2O8S/c1-6-9-10-15-43-25-14-11-21(18-26(25)41-7-2)28-27(29(37)22-12-13-24-23(17-22)16-19(4)44-24)30(38)32(39)36(28)34-35-20(5)31(45-34)33(40)42-8-3/h11-14,17-19,28,37H,6-10,15-16H2,1-5H3/t19-,28-/m1/s1. The summed E-state index contributed by atoms with van der Waals surface area (Å²) in [6, 6.07) is 9.36. The number of carbonyl (C=O) groups excluding carboxylic acids is 3. The summed E-state index contributed by atoms with van der Waals surface area (Å²) in [5.41, 5.74) is 2.06. The molecule has 1 amide bonds. The van der Waals surface area contributed by atoms with Gasteiger partial charge in [0.05, 0.1) is 37.1 Å². The Morgan fingerprint density at radius 3 is 2.60 bits per heavy atom. The molecule has 1 saturated heterocycles. The van der Waals surface area contributed by atoms with Crippen molar-refractivity contribution in [2.75, 3.05) is 24.7 Å². The van der Waals surface area contributed by atoms with Gasteiger partial charge >= 0.3 is 11.9 Å². The van der Waals surface area contributed by atoms with E-state index in [-0.39, 0.29) is 34.1 Å². The van der Waals surface area contributed by atoms with Crippen LogP contribution < -0.4 is 19.1 Å². The molecule has 3 aromatic rings. The molecule has 11 heteroatoms. The Balaban J connectivity index is 1.65. The molecule has 5 rings (SSSR count). The third kappa shape index (κ3) is 6.40. The highest BCUT2D eigenvalue weighted by atomic mass is 32.1. The van der Waals surface area contributed by atoms with Gasteiger partial charge in [-0.15, -0.1) is 0 Å². The second kappa shape index (κ2) is 13.7. The largest absolute Gasteiger partial charge is 0.507 e. The predicted octanol–water partition coefficient (Wildman–Crippen LogP) is 6.55. The molecule has 3 heterocycles. The van der Waals surface area contributed by atoms with Gasteiger partial charge in [0.25, 0.3) is 5.78 Å². The lowest BCUT2D eigenvalue weighted by Gasteiger charge is -2.24. The number of anilines is 1. The summed E-state index contributed by atoms with van der Waals surface area (Å²) in [7, 11) is 0. The molecule has 2 atom stereocenters. The minimum Gasteiger partial charge on any atom is -0.507 e.